The minimum absolute atomic E-state index is 0.0236. The van der Waals surface area contributed by atoms with Gasteiger partial charge in [-0.15, -0.1) is 0 Å². The third-order valence-corrected chi connectivity index (χ3v) is 4.80. The van der Waals surface area contributed by atoms with Crippen LogP contribution in [0, 0.1) is 5.92 Å². The number of unbranched alkanes of at least 4 members (excludes halogenated alkanes) is 1. The number of hydrogen-bond donors (Lipinski definition) is 2. The number of benzene rings is 1. The summed E-state index contributed by atoms with van der Waals surface area (Å²) in [5, 5.41) is 5.79. The molecule has 1 saturated heterocycles. The molecular weight excluding hydrogens is 342 g/mol. The Bertz CT molecular complexity index is 643. The molecule has 0 aliphatic carbocycles. The molecule has 1 aliphatic heterocycles. The monoisotopic (exact) mass is 373 g/mol. The van der Waals surface area contributed by atoms with Crippen molar-refractivity contribution in [3.63, 3.8) is 0 Å². The molecule has 0 spiro atoms. The van der Waals surface area contributed by atoms with Crippen LogP contribution in [0.5, 0.6) is 0 Å². The van der Waals surface area contributed by atoms with Gasteiger partial charge in [-0.1, -0.05) is 20.3 Å². The Labute approximate surface area is 161 Å². The molecule has 1 fully saturated rings. The molecule has 3 amide bonds. The van der Waals surface area contributed by atoms with Gasteiger partial charge in [-0.05, 0) is 49.9 Å². The molecule has 0 unspecified atom stereocenters. The van der Waals surface area contributed by atoms with Crippen LogP contribution in [0.4, 0.5) is 5.69 Å². The maximum atomic E-state index is 12.8. The van der Waals surface area contributed by atoms with Gasteiger partial charge in [-0.25, -0.2) is 0 Å². The van der Waals surface area contributed by atoms with E-state index in [9.17, 15) is 14.4 Å². The summed E-state index contributed by atoms with van der Waals surface area (Å²) in [5.74, 6) is -0.167. The lowest BCUT2D eigenvalue weighted by atomic mass is 9.96. The van der Waals surface area contributed by atoms with Crippen molar-refractivity contribution in [3.05, 3.63) is 29.8 Å². The number of nitrogens with one attached hydrogen (secondary N) is 2. The van der Waals surface area contributed by atoms with Gasteiger partial charge in [0.15, 0.2) is 0 Å². The van der Waals surface area contributed by atoms with Gasteiger partial charge in [0.1, 0.15) is 0 Å². The Hall–Kier alpha value is -2.37. The highest BCUT2D eigenvalue weighted by atomic mass is 16.2. The molecule has 2 rings (SSSR count). The average molecular weight is 373 g/mol. The first-order valence-corrected chi connectivity index (χ1v) is 10.0. The van der Waals surface area contributed by atoms with Crippen LogP contribution in [0.15, 0.2) is 24.3 Å². The molecule has 1 aromatic rings. The number of carbonyl (C=O) groups is 3. The first-order valence-electron chi connectivity index (χ1n) is 10.0. The second-order valence-electron chi connectivity index (χ2n) is 7.11. The van der Waals surface area contributed by atoms with E-state index in [2.05, 4.69) is 17.6 Å². The number of likely N-dealkylation sites (tertiary alicyclic amines) is 1. The predicted molar refractivity (Wildman–Crippen MR) is 107 cm³/mol. The second kappa shape index (κ2) is 10.7. The lowest BCUT2D eigenvalue weighted by Crippen LogP contribution is -2.45. The van der Waals surface area contributed by atoms with Crippen LogP contribution in [0.3, 0.4) is 0 Å². The van der Waals surface area contributed by atoms with E-state index >= 15 is 0 Å². The molecule has 1 heterocycles. The van der Waals surface area contributed by atoms with Crippen molar-refractivity contribution in [1.82, 2.24) is 10.2 Å². The molecule has 0 saturated carbocycles. The smallest absolute Gasteiger partial charge is 0.253 e. The van der Waals surface area contributed by atoms with E-state index in [-0.39, 0.29) is 23.6 Å². The zero-order chi connectivity index (χ0) is 19.6. The van der Waals surface area contributed by atoms with Crippen molar-refractivity contribution in [2.75, 3.05) is 25.0 Å². The number of hydrogen-bond acceptors (Lipinski definition) is 3. The van der Waals surface area contributed by atoms with Crippen molar-refractivity contribution >= 4 is 23.4 Å². The van der Waals surface area contributed by atoms with Crippen LogP contribution in [0.2, 0.25) is 0 Å². The molecule has 27 heavy (non-hydrogen) atoms. The molecular formula is C21H31N3O3. The van der Waals surface area contributed by atoms with E-state index in [0.717, 1.165) is 32.1 Å². The third-order valence-electron chi connectivity index (χ3n) is 4.80. The summed E-state index contributed by atoms with van der Waals surface area (Å²) in [5.41, 5.74) is 1.27. The number of carbonyl (C=O) groups excluding carboxylic acids is 3. The van der Waals surface area contributed by atoms with Crippen molar-refractivity contribution < 1.29 is 14.4 Å². The minimum atomic E-state index is -0.132. The van der Waals surface area contributed by atoms with Gasteiger partial charge in [0, 0.05) is 37.3 Å². The van der Waals surface area contributed by atoms with Crippen molar-refractivity contribution in [2.24, 2.45) is 5.92 Å². The molecule has 1 atom stereocenters. The Morgan fingerprint density at radius 3 is 2.52 bits per heavy atom. The number of rotatable bonds is 8. The molecule has 148 valence electrons. The normalized spacial score (nSPS) is 16.7. The first kappa shape index (κ1) is 20.9. The van der Waals surface area contributed by atoms with Crippen LogP contribution in [0.1, 0.15) is 62.7 Å². The standard InChI is InChI=1S/C21H31N3O3/c1-3-5-13-22-20(26)17-8-6-14-24(15-17)21(27)16-9-11-18(12-10-16)23-19(25)7-4-2/h9-12,17H,3-8,13-15H2,1-2H3,(H,22,26)(H,23,25)/t17-/m0/s1. The van der Waals surface area contributed by atoms with Gasteiger partial charge in [-0.3, -0.25) is 14.4 Å². The Morgan fingerprint density at radius 1 is 1.11 bits per heavy atom. The maximum absolute atomic E-state index is 12.8. The summed E-state index contributed by atoms with van der Waals surface area (Å²) in [6.07, 6.45) is 4.96. The van der Waals surface area contributed by atoms with Crippen molar-refractivity contribution in [1.29, 1.82) is 0 Å². The quantitative estimate of drug-likeness (QED) is 0.687. The number of amides is 3. The average Bonchev–Trinajstić information content (AvgIpc) is 2.68. The topological polar surface area (TPSA) is 78.5 Å². The van der Waals surface area contributed by atoms with Crippen LogP contribution >= 0.6 is 0 Å². The van der Waals surface area contributed by atoms with Gasteiger partial charge < -0.3 is 15.5 Å². The van der Waals surface area contributed by atoms with Gasteiger partial charge >= 0.3 is 0 Å². The molecule has 1 aliphatic rings. The summed E-state index contributed by atoms with van der Waals surface area (Å²) in [6, 6.07) is 6.96. The number of piperidine rings is 1. The summed E-state index contributed by atoms with van der Waals surface area (Å²) < 4.78 is 0. The van der Waals surface area contributed by atoms with E-state index in [1.807, 2.05) is 6.92 Å². The van der Waals surface area contributed by atoms with Crippen molar-refractivity contribution in [2.45, 2.75) is 52.4 Å². The van der Waals surface area contributed by atoms with Crippen molar-refractivity contribution in [3.8, 4) is 0 Å². The second-order valence-corrected chi connectivity index (χ2v) is 7.11. The summed E-state index contributed by atoms with van der Waals surface area (Å²) in [4.78, 5) is 38.5. The highest BCUT2D eigenvalue weighted by Gasteiger charge is 2.28. The Balaban J connectivity index is 1.92. The van der Waals surface area contributed by atoms with E-state index in [1.165, 1.54) is 0 Å². The molecule has 1 aromatic carbocycles. The van der Waals surface area contributed by atoms with Crippen LogP contribution in [-0.2, 0) is 9.59 Å². The number of anilines is 1. The van der Waals surface area contributed by atoms with E-state index in [4.69, 9.17) is 0 Å². The van der Waals surface area contributed by atoms with E-state index in [0.29, 0.717) is 37.3 Å². The van der Waals surface area contributed by atoms with Crippen LogP contribution in [-0.4, -0.2) is 42.3 Å². The summed E-state index contributed by atoms with van der Waals surface area (Å²) in [6.45, 7) is 5.88. The third kappa shape index (κ3) is 6.38. The predicted octanol–water partition coefficient (Wildman–Crippen LogP) is 3.19. The van der Waals surface area contributed by atoms with Gasteiger partial charge in [-0.2, -0.15) is 0 Å². The molecule has 2 N–H and O–H groups in total. The fourth-order valence-corrected chi connectivity index (χ4v) is 3.24. The molecule has 0 aromatic heterocycles. The van der Waals surface area contributed by atoms with Crippen LogP contribution < -0.4 is 10.6 Å². The lowest BCUT2D eigenvalue weighted by Gasteiger charge is -2.32. The largest absolute Gasteiger partial charge is 0.356 e. The van der Waals surface area contributed by atoms with Crippen LogP contribution in [0.25, 0.3) is 0 Å². The van der Waals surface area contributed by atoms with Gasteiger partial charge in [0.25, 0.3) is 5.91 Å². The molecule has 6 heteroatoms. The fourth-order valence-electron chi connectivity index (χ4n) is 3.24. The summed E-state index contributed by atoms with van der Waals surface area (Å²) in [7, 11) is 0. The Kier molecular flexibility index (Phi) is 8.30. The van der Waals surface area contributed by atoms with E-state index in [1.54, 1.807) is 29.2 Å². The number of nitrogens with zero attached hydrogens (tertiary/aromatic N) is 1. The summed E-state index contributed by atoms with van der Waals surface area (Å²) >= 11 is 0. The highest BCUT2D eigenvalue weighted by Crippen LogP contribution is 2.20. The zero-order valence-corrected chi connectivity index (χ0v) is 16.4. The molecule has 0 bridgehead atoms. The van der Waals surface area contributed by atoms with Gasteiger partial charge in [0.05, 0.1) is 5.92 Å². The molecule has 6 nitrogen and oxygen atoms in total. The first-order chi connectivity index (χ1) is 13.0. The van der Waals surface area contributed by atoms with Gasteiger partial charge in [0.2, 0.25) is 11.8 Å². The lowest BCUT2D eigenvalue weighted by molar-refractivity contribution is -0.126. The minimum Gasteiger partial charge on any atom is -0.356 e. The zero-order valence-electron chi connectivity index (χ0n) is 16.4. The Morgan fingerprint density at radius 2 is 1.85 bits per heavy atom. The van der Waals surface area contributed by atoms with E-state index < -0.39 is 0 Å². The fraction of sp³-hybridized carbons (Fsp3) is 0.571. The molecule has 0 radical (unpaired) electrons. The SMILES string of the molecule is CCCCNC(=O)[C@H]1CCCN(C(=O)c2ccc(NC(=O)CCC)cc2)C1. The maximum Gasteiger partial charge on any atom is 0.253 e. The highest BCUT2D eigenvalue weighted by molar-refractivity contribution is 5.96.